The summed E-state index contributed by atoms with van der Waals surface area (Å²) in [4.78, 5) is 17.4. The maximum Gasteiger partial charge on any atom is 0.263 e. The molecule has 21 heavy (non-hydrogen) atoms. The van der Waals surface area contributed by atoms with Gasteiger partial charge in [0, 0.05) is 28.6 Å². The molecule has 0 aromatic carbocycles. The largest absolute Gasteiger partial charge is 0.397 e. The van der Waals surface area contributed by atoms with Crippen LogP contribution in [0.2, 0.25) is 0 Å². The van der Waals surface area contributed by atoms with Crippen molar-refractivity contribution in [2.75, 3.05) is 19.5 Å². The summed E-state index contributed by atoms with van der Waals surface area (Å²) in [5.74, 6) is -0.144. The average molecular weight is 307 g/mol. The van der Waals surface area contributed by atoms with Crippen LogP contribution in [0.3, 0.4) is 0 Å². The number of hydrogen-bond acceptors (Lipinski definition) is 5. The minimum Gasteiger partial charge on any atom is -0.397 e. The maximum absolute atomic E-state index is 12.4. The zero-order valence-corrected chi connectivity index (χ0v) is 13.6. The van der Waals surface area contributed by atoms with Crippen LogP contribution >= 0.6 is 11.3 Å². The molecule has 0 aliphatic carbocycles. The Morgan fingerprint density at radius 3 is 2.86 bits per heavy atom. The summed E-state index contributed by atoms with van der Waals surface area (Å²) in [6.07, 6.45) is 0.810. The van der Waals surface area contributed by atoms with Crippen molar-refractivity contribution in [1.29, 1.82) is 0 Å². The van der Waals surface area contributed by atoms with Gasteiger partial charge < -0.3 is 15.8 Å². The third kappa shape index (κ3) is 3.16. The number of nitrogens with two attached hydrogens (primary N) is 1. The lowest BCUT2D eigenvalue weighted by molar-refractivity contribution is 0.0899. The van der Waals surface area contributed by atoms with Crippen LogP contribution in [0.5, 0.6) is 0 Å². The molecule has 0 aliphatic rings. The fourth-order valence-corrected chi connectivity index (χ4v) is 3.53. The standard InChI is InChI=1S/C15H21N3O2S/c1-5-10(7-20-4)18-15(19)14-13(16)12-9(3)17-8(2)6-11(12)21-14/h6,10H,5,7,16H2,1-4H3,(H,18,19). The second-order valence-corrected chi connectivity index (χ2v) is 6.15. The number of carbonyl (C=O) groups is 1. The summed E-state index contributed by atoms with van der Waals surface area (Å²) >= 11 is 1.41. The number of aromatic nitrogens is 1. The summed E-state index contributed by atoms with van der Waals surface area (Å²) < 4.78 is 6.11. The third-order valence-corrected chi connectivity index (χ3v) is 4.57. The molecule has 0 bridgehead atoms. The number of anilines is 1. The maximum atomic E-state index is 12.4. The Labute approximate surface area is 128 Å². The number of amides is 1. The predicted molar refractivity (Wildman–Crippen MR) is 86.9 cm³/mol. The summed E-state index contributed by atoms with van der Waals surface area (Å²) in [5.41, 5.74) is 8.47. The van der Waals surface area contributed by atoms with Crippen LogP contribution < -0.4 is 11.1 Å². The van der Waals surface area contributed by atoms with E-state index in [1.807, 2.05) is 26.8 Å². The number of nitrogens with one attached hydrogen (secondary N) is 1. The molecular weight excluding hydrogens is 286 g/mol. The minimum absolute atomic E-state index is 0.00642. The highest BCUT2D eigenvalue weighted by molar-refractivity contribution is 7.21. The van der Waals surface area contributed by atoms with Gasteiger partial charge in [-0.1, -0.05) is 6.92 Å². The van der Waals surface area contributed by atoms with Crippen molar-refractivity contribution in [2.24, 2.45) is 0 Å². The highest BCUT2D eigenvalue weighted by atomic mass is 32.1. The van der Waals surface area contributed by atoms with Crippen molar-refractivity contribution in [3.05, 3.63) is 22.3 Å². The van der Waals surface area contributed by atoms with Crippen molar-refractivity contribution in [3.63, 3.8) is 0 Å². The molecule has 114 valence electrons. The van der Waals surface area contributed by atoms with E-state index in [1.165, 1.54) is 11.3 Å². The molecule has 2 heterocycles. The van der Waals surface area contributed by atoms with Gasteiger partial charge in [-0.2, -0.15) is 0 Å². The Hall–Kier alpha value is -1.66. The van der Waals surface area contributed by atoms with E-state index in [0.29, 0.717) is 17.2 Å². The number of hydrogen-bond donors (Lipinski definition) is 2. The van der Waals surface area contributed by atoms with E-state index in [2.05, 4.69) is 10.3 Å². The van der Waals surface area contributed by atoms with Crippen LogP contribution in [0.15, 0.2) is 6.07 Å². The Balaban J connectivity index is 2.36. The van der Waals surface area contributed by atoms with E-state index in [0.717, 1.165) is 27.9 Å². The van der Waals surface area contributed by atoms with Crippen LogP contribution in [-0.2, 0) is 4.74 Å². The number of nitrogen functional groups attached to an aromatic ring is 1. The molecule has 0 spiro atoms. The van der Waals surface area contributed by atoms with Gasteiger partial charge in [0.2, 0.25) is 0 Å². The fourth-order valence-electron chi connectivity index (χ4n) is 2.36. The molecule has 2 aromatic rings. The smallest absolute Gasteiger partial charge is 0.263 e. The quantitative estimate of drug-likeness (QED) is 0.890. The molecule has 6 heteroatoms. The van der Waals surface area contributed by atoms with Gasteiger partial charge >= 0.3 is 0 Å². The molecular formula is C15H21N3O2S. The number of carbonyl (C=O) groups excluding carboxylic acids is 1. The summed E-state index contributed by atoms with van der Waals surface area (Å²) in [6.45, 7) is 6.36. The molecule has 0 saturated heterocycles. The highest BCUT2D eigenvalue weighted by Crippen LogP contribution is 2.35. The fraction of sp³-hybridized carbons (Fsp3) is 0.467. The first kappa shape index (κ1) is 15.7. The summed E-state index contributed by atoms with van der Waals surface area (Å²) in [5, 5.41) is 3.85. The van der Waals surface area contributed by atoms with Crippen molar-refractivity contribution in [1.82, 2.24) is 10.3 Å². The first-order valence-electron chi connectivity index (χ1n) is 6.93. The van der Waals surface area contributed by atoms with Crippen LogP contribution in [0, 0.1) is 13.8 Å². The first-order valence-corrected chi connectivity index (χ1v) is 7.75. The molecule has 1 unspecified atom stereocenters. The lowest BCUT2D eigenvalue weighted by Crippen LogP contribution is -2.37. The second-order valence-electron chi connectivity index (χ2n) is 5.10. The molecule has 5 nitrogen and oxygen atoms in total. The number of aryl methyl sites for hydroxylation is 2. The molecule has 3 N–H and O–H groups in total. The molecule has 0 aliphatic heterocycles. The summed E-state index contributed by atoms with van der Waals surface area (Å²) in [7, 11) is 1.63. The lowest BCUT2D eigenvalue weighted by atomic mass is 10.2. The second kappa shape index (κ2) is 6.41. The van der Waals surface area contributed by atoms with Gasteiger partial charge in [0.15, 0.2) is 0 Å². The van der Waals surface area contributed by atoms with Gasteiger partial charge in [-0.25, -0.2) is 0 Å². The Bertz CT molecular complexity index is 666. The van der Waals surface area contributed by atoms with E-state index in [1.54, 1.807) is 7.11 Å². The van der Waals surface area contributed by atoms with Crippen LogP contribution in [0.4, 0.5) is 5.69 Å². The number of rotatable bonds is 5. The Morgan fingerprint density at radius 1 is 1.52 bits per heavy atom. The topological polar surface area (TPSA) is 77.2 Å². The number of nitrogens with zero attached hydrogens (tertiary/aromatic N) is 1. The normalized spacial score (nSPS) is 12.6. The van der Waals surface area contributed by atoms with E-state index in [4.69, 9.17) is 10.5 Å². The van der Waals surface area contributed by atoms with Crippen molar-refractivity contribution in [2.45, 2.75) is 33.2 Å². The van der Waals surface area contributed by atoms with Crippen molar-refractivity contribution < 1.29 is 9.53 Å². The van der Waals surface area contributed by atoms with Gasteiger partial charge in [0.25, 0.3) is 5.91 Å². The van der Waals surface area contributed by atoms with Gasteiger partial charge in [0.1, 0.15) is 4.88 Å². The lowest BCUT2D eigenvalue weighted by Gasteiger charge is -2.15. The highest BCUT2D eigenvalue weighted by Gasteiger charge is 2.20. The van der Waals surface area contributed by atoms with Gasteiger partial charge in [0.05, 0.1) is 18.3 Å². The zero-order valence-electron chi connectivity index (χ0n) is 12.8. The van der Waals surface area contributed by atoms with E-state index >= 15 is 0 Å². The molecule has 0 radical (unpaired) electrons. The number of thiophene rings is 1. The Morgan fingerprint density at radius 2 is 2.24 bits per heavy atom. The third-order valence-electron chi connectivity index (χ3n) is 3.42. The van der Waals surface area contributed by atoms with E-state index in [-0.39, 0.29) is 11.9 Å². The molecule has 1 atom stereocenters. The van der Waals surface area contributed by atoms with Crippen molar-refractivity contribution in [3.8, 4) is 0 Å². The molecule has 0 fully saturated rings. The van der Waals surface area contributed by atoms with E-state index < -0.39 is 0 Å². The summed E-state index contributed by atoms with van der Waals surface area (Å²) in [6, 6.07) is 1.96. The van der Waals surface area contributed by atoms with Crippen LogP contribution in [0.25, 0.3) is 10.1 Å². The SMILES string of the molecule is CCC(COC)NC(=O)c1sc2cc(C)nc(C)c2c1N. The van der Waals surface area contributed by atoms with Crippen LogP contribution in [0.1, 0.15) is 34.4 Å². The van der Waals surface area contributed by atoms with E-state index in [9.17, 15) is 4.79 Å². The van der Waals surface area contributed by atoms with Gasteiger partial charge in [-0.3, -0.25) is 9.78 Å². The van der Waals surface area contributed by atoms with Crippen LogP contribution in [-0.4, -0.2) is 30.6 Å². The number of methoxy groups -OCH3 is 1. The average Bonchev–Trinajstić information content (AvgIpc) is 2.75. The molecule has 1 amide bonds. The number of pyridine rings is 1. The van der Waals surface area contributed by atoms with Gasteiger partial charge in [-0.05, 0) is 26.3 Å². The number of fused-ring (bicyclic) bond motifs is 1. The molecule has 0 saturated carbocycles. The number of ether oxygens (including phenoxy) is 1. The van der Waals surface area contributed by atoms with Crippen molar-refractivity contribution >= 4 is 33.0 Å². The Kier molecular flexibility index (Phi) is 4.80. The predicted octanol–water partition coefficient (Wildman–Crippen LogP) is 2.65. The molecule has 2 aromatic heterocycles. The molecule has 2 rings (SSSR count). The minimum atomic E-state index is -0.144. The first-order chi connectivity index (χ1) is 9.97. The zero-order chi connectivity index (χ0) is 15.6. The monoisotopic (exact) mass is 307 g/mol. The van der Waals surface area contributed by atoms with Gasteiger partial charge in [-0.15, -0.1) is 11.3 Å².